The van der Waals surface area contributed by atoms with Gasteiger partial charge in [0.1, 0.15) is 71.5 Å². The molecule has 1 rings (SSSR count). The number of hydrogen-bond acceptors (Lipinski definition) is 17. The molecule has 1 aliphatic heterocycles. The summed E-state index contributed by atoms with van der Waals surface area (Å²) >= 11 is 0. The number of esters is 3. The lowest BCUT2D eigenvalue weighted by Gasteiger charge is -2.40. The Morgan fingerprint density at radius 3 is 1.56 bits per heavy atom. The normalized spacial score (nSPS) is 21.8. The summed E-state index contributed by atoms with van der Waals surface area (Å²) in [6.45, 7) is 17.8. The summed E-state index contributed by atoms with van der Waals surface area (Å²) in [4.78, 5) is 105. The van der Waals surface area contributed by atoms with Gasteiger partial charge in [-0.2, -0.15) is 0 Å². The molecule has 1 saturated heterocycles. The lowest BCUT2D eigenvalue weighted by Crippen LogP contribution is -2.62. The molecule has 1 aliphatic rings. The number of hydrogen-bond donors (Lipinski definition) is 10. The third-order valence-corrected chi connectivity index (χ3v) is 8.72. The predicted octanol–water partition coefficient (Wildman–Crippen LogP) is -2.53. The van der Waals surface area contributed by atoms with Gasteiger partial charge in [0.15, 0.2) is 0 Å². The van der Waals surface area contributed by atoms with Crippen LogP contribution in [0.1, 0.15) is 109 Å². The molecule has 0 aromatic carbocycles. The Kier molecular flexibility index (Phi) is 21.3. The van der Waals surface area contributed by atoms with Crippen molar-refractivity contribution in [2.24, 2.45) is 11.7 Å². The molecule has 62 heavy (non-hydrogen) atoms. The number of carbonyl (C=O) groups is 8. The van der Waals surface area contributed by atoms with Crippen molar-refractivity contribution in [2.75, 3.05) is 13.2 Å². The average Bonchev–Trinajstić information content (AvgIpc) is 3.10. The summed E-state index contributed by atoms with van der Waals surface area (Å²) < 4.78 is 21.3. The van der Waals surface area contributed by atoms with E-state index in [1.54, 1.807) is 76.2 Å². The van der Waals surface area contributed by atoms with E-state index in [2.05, 4.69) is 26.6 Å². The van der Waals surface area contributed by atoms with E-state index in [4.69, 9.17) is 24.7 Å². The molecule has 0 spiro atoms. The van der Waals surface area contributed by atoms with E-state index < -0.39 is 157 Å². The van der Waals surface area contributed by atoms with E-state index >= 15 is 0 Å². The number of aliphatic hydroxyl groups is 4. The molecule has 22 heteroatoms. The van der Waals surface area contributed by atoms with Gasteiger partial charge in [0, 0.05) is 13.0 Å². The van der Waals surface area contributed by atoms with Gasteiger partial charge in [-0.1, -0.05) is 13.8 Å². The molecule has 22 nitrogen and oxygen atoms in total. The van der Waals surface area contributed by atoms with Crippen molar-refractivity contribution in [3.05, 3.63) is 0 Å². The van der Waals surface area contributed by atoms with E-state index in [9.17, 15) is 58.8 Å². The minimum Gasteiger partial charge on any atom is -0.460 e. The van der Waals surface area contributed by atoms with Crippen LogP contribution in [0.25, 0.3) is 0 Å². The highest BCUT2D eigenvalue weighted by atomic mass is 16.6. The highest BCUT2D eigenvalue weighted by Gasteiger charge is 2.43. The highest BCUT2D eigenvalue weighted by Crippen LogP contribution is 2.21. The zero-order valence-corrected chi connectivity index (χ0v) is 37.9. The Bertz CT molecular complexity index is 1570. The maximum Gasteiger partial charge on any atom is 0.308 e. The highest BCUT2D eigenvalue weighted by molar-refractivity contribution is 5.97. The third-order valence-electron chi connectivity index (χ3n) is 8.72. The zero-order chi connectivity index (χ0) is 48.1. The topological polar surface area (TPSA) is 341 Å². The average molecular weight is 891 g/mol. The van der Waals surface area contributed by atoms with Crippen LogP contribution in [0.15, 0.2) is 0 Å². The van der Waals surface area contributed by atoms with Crippen molar-refractivity contribution in [1.82, 2.24) is 26.6 Å². The number of ether oxygens (including phenoxy) is 4. The van der Waals surface area contributed by atoms with E-state index in [1.165, 1.54) is 6.92 Å². The molecule has 2 unspecified atom stereocenters. The molecule has 0 bridgehead atoms. The van der Waals surface area contributed by atoms with E-state index in [0.717, 1.165) is 0 Å². The van der Waals surface area contributed by atoms with E-state index in [0.29, 0.717) is 0 Å². The molecule has 1 heterocycles. The van der Waals surface area contributed by atoms with Gasteiger partial charge < -0.3 is 71.7 Å². The Morgan fingerprint density at radius 2 is 1.06 bits per heavy atom. The molecule has 10 atom stereocenters. The molecule has 356 valence electrons. The molecule has 0 aromatic heterocycles. The summed E-state index contributed by atoms with van der Waals surface area (Å²) in [6, 6.07) is -7.38. The molecule has 11 N–H and O–H groups in total. The minimum atomic E-state index is -1.69. The minimum absolute atomic E-state index is 0.321. The maximum atomic E-state index is 13.9. The largest absolute Gasteiger partial charge is 0.460 e. The van der Waals surface area contributed by atoms with Crippen molar-refractivity contribution in [1.29, 1.82) is 0 Å². The second-order valence-electron chi connectivity index (χ2n) is 18.5. The first-order valence-electron chi connectivity index (χ1n) is 20.5. The number of aliphatic hydroxyl groups excluding tert-OH is 4. The standard InChI is InChI=1S/C40H70N6O16/c1-19(2)29(46-35(56)22(13-14-26(48)60-38(4,5)6)44-34(55)21(41)15-27(49)61-39(7,8)9)37(58)45-23(16-28(50)62-40(10,11)12)36(57)43-20(3)33(54)42-17-24-30(51)32(53)31(52)25(18-47)59-24/h19-25,29-32,47,51-53H,13-18,41H2,1-12H3,(H,42,54)(H,43,57)(H,44,55)(H,45,58)(H,46,56)/t20-,21-,22-,23-,24-,25+,29-,30-,31?,32?/m0/s1. The molecule has 0 saturated carbocycles. The zero-order valence-electron chi connectivity index (χ0n) is 37.9. The number of amides is 5. The van der Waals surface area contributed by atoms with Gasteiger partial charge in [-0.05, 0) is 81.6 Å². The van der Waals surface area contributed by atoms with Crippen molar-refractivity contribution < 1.29 is 77.7 Å². The Hall–Kier alpha value is -4.48. The van der Waals surface area contributed by atoms with Crippen LogP contribution in [0.3, 0.4) is 0 Å². The summed E-state index contributed by atoms with van der Waals surface area (Å²) in [5, 5.41) is 52.0. The second-order valence-corrected chi connectivity index (χ2v) is 18.5. The lowest BCUT2D eigenvalue weighted by molar-refractivity contribution is -0.227. The van der Waals surface area contributed by atoms with Crippen molar-refractivity contribution >= 4 is 47.4 Å². The molecule has 0 radical (unpaired) electrons. The van der Waals surface area contributed by atoms with Crippen LogP contribution in [-0.2, 0) is 57.3 Å². The fourth-order valence-electron chi connectivity index (χ4n) is 5.75. The van der Waals surface area contributed by atoms with Gasteiger partial charge in [0.2, 0.25) is 29.5 Å². The summed E-state index contributed by atoms with van der Waals surface area (Å²) in [5.41, 5.74) is 3.24. The van der Waals surface area contributed by atoms with Gasteiger partial charge in [-0.15, -0.1) is 0 Å². The fourth-order valence-corrected chi connectivity index (χ4v) is 5.75. The van der Waals surface area contributed by atoms with Gasteiger partial charge in [0.25, 0.3) is 0 Å². The lowest BCUT2D eigenvalue weighted by atomic mass is 9.95. The van der Waals surface area contributed by atoms with Crippen LogP contribution in [0.4, 0.5) is 0 Å². The van der Waals surface area contributed by atoms with Crippen molar-refractivity contribution in [2.45, 2.75) is 186 Å². The summed E-state index contributed by atoms with van der Waals surface area (Å²) in [7, 11) is 0. The van der Waals surface area contributed by atoms with Gasteiger partial charge >= 0.3 is 17.9 Å². The number of nitrogens with two attached hydrogens (primary N) is 1. The number of nitrogens with one attached hydrogen (secondary N) is 5. The Morgan fingerprint density at radius 1 is 0.597 bits per heavy atom. The number of carbonyl (C=O) groups excluding carboxylic acids is 8. The van der Waals surface area contributed by atoms with Gasteiger partial charge in [-0.3, -0.25) is 38.4 Å². The van der Waals surface area contributed by atoms with Crippen LogP contribution in [0, 0.1) is 5.92 Å². The van der Waals surface area contributed by atoms with Crippen LogP contribution in [0.5, 0.6) is 0 Å². The number of rotatable bonds is 20. The third kappa shape index (κ3) is 20.1. The Labute approximate surface area is 362 Å². The maximum absolute atomic E-state index is 13.9. The Balaban J connectivity index is 3.29. The SMILES string of the molecule is CC(C)[C@H](NC(=O)[C@H](CCC(=O)OC(C)(C)C)NC(=O)[C@@H](N)CC(=O)OC(C)(C)C)C(=O)N[C@@H](CC(=O)OC(C)(C)C)C(=O)N[C@@H](C)C(=O)NC[C@@H]1O[C@H](CO)C(O)C(O)[C@H]1O. The predicted molar refractivity (Wildman–Crippen MR) is 219 cm³/mol. The molecule has 0 aliphatic carbocycles. The smallest absolute Gasteiger partial charge is 0.308 e. The second kappa shape index (κ2) is 23.8. The monoisotopic (exact) mass is 890 g/mol. The summed E-state index contributed by atoms with van der Waals surface area (Å²) in [6.07, 6.45) is -9.36. The first-order chi connectivity index (χ1) is 28.2. The quantitative estimate of drug-likeness (QED) is 0.0445. The molecular weight excluding hydrogens is 820 g/mol. The molecular formula is C40H70N6O16. The van der Waals surface area contributed by atoms with Crippen molar-refractivity contribution in [3.63, 3.8) is 0 Å². The first kappa shape index (κ1) is 55.5. The molecule has 0 aromatic rings. The summed E-state index contributed by atoms with van der Waals surface area (Å²) in [5.74, 6) is -7.76. The van der Waals surface area contributed by atoms with Crippen LogP contribution in [0.2, 0.25) is 0 Å². The fraction of sp³-hybridized carbons (Fsp3) is 0.800. The first-order valence-corrected chi connectivity index (χ1v) is 20.5. The molecule has 5 amide bonds. The van der Waals surface area contributed by atoms with Crippen molar-refractivity contribution in [3.8, 4) is 0 Å². The van der Waals surface area contributed by atoms with Crippen LogP contribution in [-0.4, -0.2) is 159 Å². The molecule has 1 fully saturated rings. The van der Waals surface area contributed by atoms with Crippen LogP contribution < -0.4 is 32.3 Å². The van der Waals surface area contributed by atoms with Gasteiger partial charge in [0.05, 0.1) is 25.5 Å². The van der Waals surface area contributed by atoms with Gasteiger partial charge in [-0.25, -0.2) is 0 Å². The van der Waals surface area contributed by atoms with E-state index in [-0.39, 0.29) is 12.8 Å². The van der Waals surface area contributed by atoms with E-state index in [1.807, 2.05) is 0 Å². The van der Waals surface area contributed by atoms with Crippen LogP contribution >= 0.6 is 0 Å².